The summed E-state index contributed by atoms with van der Waals surface area (Å²) >= 11 is 0. The van der Waals surface area contributed by atoms with Crippen LogP contribution in [0.2, 0.25) is 0 Å². The third kappa shape index (κ3) is 3.77. The van der Waals surface area contributed by atoms with E-state index in [1.807, 2.05) is 4.90 Å². The molecule has 1 N–H and O–H groups in total. The van der Waals surface area contributed by atoms with Gasteiger partial charge in [0.25, 0.3) is 5.91 Å². The molecule has 1 amide bonds. The number of carbonyl (C=O) groups is 1. The van der Waals surface area contributed by atoms with Crippen LogP contribution in [0.1, 0.15) is 43.5 Å². The number of piperidine rings is 1. The van der Waals surface area contributed by atoms with E-state index in [2.05, 4.69) is 24.1 Å². The second kappa shape index (κ2) is 6.66. The zero-order chi connectivity index (χ0) is 13.7. The van der Waals surface area contributed by atoms with Crippen LogP contribution in [0.3, 0.4) is 0 Å². The Morgan fingerprint density at radius 3 is 2.74 bits per heavy atom. The molecule has 1 aromatic rings. The maximum atomic E-state index is 12.5. The number of amides is 1. The Bertz CT molecular complexity index is 399. The van der Waals surface area contributed by atoms with Crippen molar-refractivity contribution in [3.8, 4) is 0 Å². The zero-order valence-electron chi connectivity index (χ0n) is 11.8. The molecule has 0 radical (unpaired) electrons. The lowest BCUT2D eigenvalue weighted by Gasteiger charge is -2.33. The predicted octanol–water partition coefficient (Wildman–Crippen LogP) is 2.07. The van der Waals surface area contributed by atoms with Crippen LogP contribution < -0.4 is 5.32 Å². The fourth-order valence-corrected chi connectivity index (χ4v) is 2.51. The third-order valence-electron chi connectivity index (χ3n) is 3.64. The summed E-state index contributed by atoms with van der Waals surface area (Å²) in [5, 5.41) is 3.50. The van der Waals surface area contributed by atoms with Gasteiger partial charge in [-0.1, -0.05) is 6.42 Å². The van der Waals surface area contributed by atoms with E-state index in [0.29, 0.717) is 6.04 Å². The molecule has 0 bridgehead atoms. The maximum Gasteiger partial charge on any atom is 0.254 e. The molecule has 19 heavy (non-hydrogen) atoms. The van der Waals surface area contributed by atoms with Crippen LogP contribution in [0.4, 0.5) is 0 Å². The van der Waals surface area contributed by atoms with Crippen LogP contribution in [-0.2, 0) is 0 Å². The van der Waals surface area contributed by atoms with E-state index in [1.165, 1.54) is 12.8 Å². The molecule has 1 atom stereocenters. The second-order valence-electron chi connectivity index (χ2n) is 5.43. The Kier molecular flexibility index (Phi) is 4.91. The number of nitrogens with one attached hydrogen (secondary N) is 1. The van der Waals surface area contributed by atoms with Crippen LogP contribution in [-0.4, -0.2) is 41.0 Å². The highest BCUT2D eigenvalue weighted by molar-refractivity contribution is 5.94. The molecule has 1 aromatic heterocycles. The number of nitrogens with zero attached hydrogens (tertiary/aromatic N) is 2. The van der Waals surface area contributed by atoms with Crippen LogP contribution in [0.5, 0.6) is 0 Å². The van der Waals surface area contributed by atoms with E-state index in [4.69, 9.17) is 0 Å². The van der Waals surface area contributed by atoms with Gasteiger partial charge >= 0.3 is 0 Å². The Hall–Kier alpha value is -1.42. The fraction of sp³-hybridized carbons (Fsp3) is 0.600. The first-order valence-electron chi connectivity index (χ1n) is 7.13. The van der Waals surface area contributed by atoms with Gasteiger partial charge in [0.15, 0.2) is 0 Å². The number of rotatable bonds is 4. The number of hydrogen-bond donors (Lipinski definition) is 1. The molecule has 4 heteroatoms. The Balaban J connectivity index is 2.05. The van der Waals surface area contributed by atoms with Crippen LogP contribution in [0, 0.1) is 0 Å². The minimum Gasteiger partial charge on any atom is -0.335 e. The van der Waals surface area contributed by atoms with Gasteiger partial charge in [-0.25, -0.2) is 0 Å². The van der Waals surface area contributed by atoms with Crippen molar-refractivity contribution < 1.29 is 4.79 Å². The van der Waals surface area contributed by atoms with E-state index in [0.717, 1.165) is 25.1 Å². The molecule has 2 rings (SSSR count). The van der Waals surface area contributed by atoms with Crippen molar-refractivity contribution in [2.24, 2.45) is 0 Å². The fourth-order valence-electron chi connectivity index (χ4n) is 2.51. The van der Waals surface area contributed by atoms with Gasteiger partial charge in [0.05, 0.1) is 0 Å². The van der Waals surface area contributed by atoms with Crippen LogP contribution >= 0.6 is 0 Å². The smallest absolute Gasteiger partial charge is 0.254 e. The van der Waals surface area contributed by atoms with Gasteiger partial charge in [-0.05, 0) is 45.4 Å². The summed E-state index contributed by atoms with van der Waals surface area (Å²) in [7, 11) is 0. The molecular weight excluding hydrogens is 238 g/mol. The van der Waals surface area contributed by atoms with Crippen LogP contribution in [0.15, 0.2) is 24.5 Å². The van der Waals surface area contributed by atoms with Gasteiger partial charge in [0.2, 0.25) is 0 Å². The van der Waals surface area contributed by atoms with E-state index in [9.17, 15) is 4.79 Å². The topological polar surface area (TPSA) is 45.2 Å². The summed E-state index contributed by atoms with van der Waals surface area (Å²) in [6.45, 7) is 6.00. The lowest BCUT2D eigenvalue weighted by molar-refractivity contribution is 0.0676. The van der Waals surface area contributed by atoms with Crippen molar-refractivity contribution in [3.05, 3.63) is 30.1 Å². The maximum absolute atomic E-state index is 12.5. The molecule has 0 aliphatic carbocycles. The van der Waals surface area contributed by atoms with E-state index in [1.54, 1.807) is 24.5 Å². The van der Waals surface area contributed by atoms with Crippen molar-refractivity contribution >= 4 is 5.91 Å². The molecule has 0 aromatic carbocycles. The third-order valence-corrected chi connectivity index (χ3v) is 3.64. The van der Waals surface area contributed by atoms with Crippen LogP contribution in [0.25, 0.3) is 0 Å². The lowest BCUT2D eigenvalue weighted by atomic mass is 10.0. The van der Waals surface area contributed by atoms with Gasteiger partial charge in [-0.3, -0.25) is 9.78 Å². The van der Waals surface area contributed by atoms with E-state index in [-0.39, 0.29) is 11.9 Å². The molecule has 104 valence electrons. The number of carbonyl (C=O) groups excluding carboxylic acids is 1. The van der Waals surface area contributed by atoms with E-state index >= 15 is 0 Å². The molecule has 1 unspecified atom stereocenters. The number of pyridine rings is 1. The first kappa shape index (κ1) is 14.0. The molecular formula is C15H23N3O. The predicted molar refractivity (Wildman–Crippen MR) is 76.1 cm³/mol. The second-order valence-corrected chi connectivity index (χ2v) is 5.43. The van der Waals surface area contributed by atoms with Gasteiger partial charge in [0.1, 0.15) is 0 Å². The van der Waals surface area contributed by atoms with E-state index < -0.39 is 0 Å². The summed E-state index contributed by atoms with van der Waals surface area (Å²) < 4.78 is 0. The number of aromatic nitrogens is 1. The van der Waals surface area contributed by atoms with Gasteiger partial charge in [-0.15, -0.1) is 0 Å². The monoisotopic (exact) mass is 261 g/mol. The molecule has 0 spiro atoms. The minimum absolute atomic E-state index is 0.102. The lowest BCUT2D eigenvalue weighted by Crippen LogP contribution is -2.48. The first-order chi connectivity index (χ1) is 9.18. The van der Waals surface area contributed by atoms with Crippen molar-refractivity contribution in [1.82, 2.24) is 15.2 Å². The summed E-state index contributed by atoms with van der Waals surface area (Å²) in [6, 6.07) is 4.21. The van der Waals surface area contributed by atoms with Gasteiger partial charge in [-0.2, -0.15) is 0 Å². The number of hydrogen-bond acceptors (Lipinski definition) is 3. The van der Waals surface area contributed by atoms with Crippen molar-refractivity contribution in [1.29, 1.82) is 0 Å². The highest BCUT2D eigenvalue weighted by Gasteiger charge is 2.23. The van der Waals surface area contributed by atoms with Crippen molar-refractivity contribution in [2.75, 3.05) is 13.1 Å². The largest absolute Gasteiger partial charge is 0.335 e. The zero-order valence-corrected chi connectivity index (χ0v) is 11.8. The molecule has 1 aliphatic heterocycles. The Labute approximate surface area is 115 Å². The molecule has 1 aliphatic rings. The molecule has 1 saturated heterocycles. The highest BCUT2D eigenvalue weighted by atomic mass is 16.2. The highest BCUT2D eigenvalue weighted by Crippen LogP contribution is 2.13. The molecule has 2 heterocycles. The average molecular weight is 261 g/mol. The van der Waals surface area contributed by atoms with Gasteiger partial charge < -0.3 is 10.2 Å². The summed E-state index contributed by atoms with van der Waals surface area (Å²) in [4.78, 5) is 18.5. The Morgan fingerprint density at radius 1 is 1.42 bits per heavy atom. The summed E-state index contributed by atoms with van der Waals surface area (Å²) in [6.07, 6.45) is 7.01. The SMILES string of the molecule is CC(C)N(CC1CCCCN1)C(=O)c1ccncc1. The molecule has 0 saturated carbocycles. The van der Waals surface area contributed by atoms with Crippen molar-refractivity contribution in [2.45, 2.75) is 45.2 Å². The Morgan fingerprint density at radius 2 is 2.16 bits per heavy atom. The van der Waals surface area contributed by atoms with Crippen molar-refractivity contribution in [3.63, 3.8) is 0 Å². The standard InChI is InChI=1S/C15H23N3O/c1-12(2)18(11-14-5-3-4-8-17-14)15(19)13-6-9-16-10-7-13/h6-7,9-10,12,14,17H,3-5,8,11H2,1-2H3. The summed E-state index contributed by atoms with van der Waals surface area (Å²) in [5.74, 6) is 0.102. The molecule has 1 fully saturated rings. The minimum atomic E-state index is 0.102. The average Bonchev–Trinajstić information content (AvgIpc) is 2.46. The van der Waals surface area contributed by atoms with Gasteiger partial charge in [0, 0.05) is 36.6 Å². The first-order valence-corrected chi connectivity index (χ1v) is 7.13. The molecule has 4 nitrogen and oxygen atoms in total. The normalized spacial score (nSPS) is 19.4. The summed E-state index contributed by atoms with van der Waals surface area (Å²) in [5.41, 5.74) is 0.722. The quantitative estimate of drug-likeness (QED) is 0.902.